The van der Waals surface area contributed by atoms with E-state index in [4.69, 9.17) is 9.47 Å². The molecule has 1 aliphatic heterocycles. The molecule has 1 unspecified atom stereocenters. The fourth-order valence-corrected chi connectivity index (χ4v) is 5.11. The van der Waals surface area contributed by atoms with Crippen molar-refractivity contribution in [2.45, 2.75) is 75.4 Å². The molecule has 2 saturated carbocycles. The number of nitrogens with one attached hydrogen (secondary N) is 1. The zero-order valence-corrected chi connectivity index (χ0v) is 17.2. The van der Waals surface area contributed by atoms with E-state index in [1.165, 1.54) is 25.0 Å². The molecule has 2 aliphatic carbocycles. The van der Waals surface area contributed by atoms with Crippen molar-refractivity contribution in [1.82, 2.24) is 0 Å². The van der Waals surface area contributed by atoms with Crippen LogP contribution in [0.3, 0.4) is 0 Å². The zero-order valence-electron chi connectivity index (χ0n) is 17.2. The summed E-state index contributed by atoms with van der Waals surface area (Å²) in [4.78, 5) is 13.0. The predicted octanol–water partition coefficient (Wildman–Crippen LogP) is 5.96. The quantitative estimate of drug-likeness (QED) is 0.662. The van der Waals surface area contributed by atoms with E-state index in [2.05, 4.69) is 5.32 Å². The largest absolute Gasteiger partial charge is 0.488 e. The maximum Gasteiger partial charge on any atom is 0.225 e. The molecular formula is C25H28FNO3. The van der Waals surface area contributed by atoms with Gasteiger partial charge >= 0.3 is 0 Å². The normalized spacial score (nSPS) is 22.1. The van der Waals surface area contributed by atoms with Gasteiger partial charge in [0, 0.05) is 17.9 Å². The number of fused-ring (bicyclic) bond motifs is 1. The summed E-state index contributed by atoms with van der Waals surface area (Å²) in [6.07, 6.45) is 8.95. The Kier molecular flexibility index (Phi) is 5.13. The van der Waals surface area contributed by atoms with Crippen molar-refractivity contribution >= 4 is 11.6 Å². The van der Waals surface area contributed by atoms with Crippen molar-refractivity contribution in [3.05, 3.63) is 53.8 Å². The minimum atomic E-state index is -0.289. The lowest BCUT2D eigenvalue weighted by atomic mass is 9.70. The Morgan fingerprint density at radius 2 is 1.93 bits per heavy atom. The topological polar surface area (TPSA) is 47.6 Å². The zero-order chi connectivity index (χ0) is 20.6. The maximum absolute atomic E-state index is 13.9. The highest BCUT2D eigenvalue weighted by atomic mass is 19.1. The number of carbonyl (C=O) groups excluding carboxylic acids is 1. The highest BCUT2D eigenvalue weighted by Crippen LogP contribution is 2.50. The third-order valence-electron chi connectivity index (χ3n) is 6.81. The Bertz CT molecular complexity index is 934. The number of ether oxygens (including phenoxy) is 2. The molecule has 1 atom stereocenters. The van der Waals surface area contributed by atoms with E-state index in [1.807, 2.05) is 24.3 Å². The van der Waals surface area contributed by atoms with Gasteiger partial charge in [-0.1, -0.05) is 12.1 Å². The van der Waals surface area contributed by atoms with Crippen LogP contribution in [0.2, 0.25) is 0 Å². The highest BCUT2D eigenvalue weighted by molar-refractivity contribution is 5.92. The Balaban J connectivity index is 1.32. The Morgan fingerprint density at radius 1 is 1.13 bits per heavy atom. The molecule has 0 bridgehead atoms. The second-order valence-electron chi connectivity index (χ2n) is 8.99. The van der Waals surface area contributed by atoms with E-state index in [0.29, 0.717) is 12.1 Å². The molecule has 1 heterocycles. The molecule has 0 aromatic heterocycles. The van der Waals surface area contributed by atoms with Gasteiger partial charge in [-0.3, -0.25) is 4.79 Å². The fraction of sp³-hybridized carbons (Fsp3) is 0.480. The van der Waals surface area contributed by atoms with E-state index in [0.717, 1.165) is 55.6 Å². The predicted molar refractivity (Wildman–Crippen MR) is 114 cm³/mol. The Hall–Kier alpha value is -2.56. The van der Waals surface area contributed by atoms with Crippen LogP contribution in [-0.2, 0) is 4.79 Å². The van der Waals surface area contributed by atoms with E-state index in [1.54, 1.807) is 6.07 Å². The third-order valence-corrected chi connectivity index (χ3v) is 6.81. The average Bonchev–Trinajstić information content (AvgIpc) is 3.21. The summed E-state index contributed by atoms with van der Waals surface area (Å²) in [5, 5.41) is 3.04. The molecule has 2 fully saturated rings. The number of halogens is 1. The number of carbonyl (C=O) groups is 1. The highest BCUT2D eigenvalue weighted by Gasteiger charge is 2.46. The lowest BCUT2D eigenvalue weighted by Gasteiger charge is -2.48. The standard InChI is InChI=1S/C25H28FNO3/c26-18-10-11-22-20(15-18)17(16-25(30-22)12-5-13-25)14-24(28)27-21-8-3-4-9-23(21)29-19-6-1-2-7-19/h3-4,8-11,15,17,19H,1-2,5-7,12-14,16H2,(H,27,28). The molecule has 158 valence electrons. The molecular weight excluding hydrogens is 381 g/mol. The van der Waals surface area contributed by atoms with Crippen molar-refractivity contribution in [2.24, 2.45) is 0 Å². The first-order valence-electron chi connectivity index (χ1n) is 11.1. The number of hydrogen-bond donors (Lipinski definition) is 1. The minimum Gasteiger partial charge on any atom is -0.488 e. The summed E-state index contributed by atoms with van der Waals surface area (Å²) in [6.45, 7) is 0. The average molecular weight is 410 g/mol. The van der Waals surface area contributed by atoms with Gasteiger partial charge in [0.25, 0.3) is 0 Å². The van der Waals surface area contributed by atoms with Crippen LogP contribution in [0.4, 0.5) is 10.1 Å². The summed E-state index contributed by atoms with van der Waals surface area (Å²) >= 11 is 0. The van der Waals surface area contributed by atoms with Crippen LogP contribution < -0.4 is 14.8 Å². The molecule has 0 radical (unpaired) electrons. The molecule has 5 heteroatoms. The van der Waals surface area contributed by atoms with Crippen LogP contribution in [0.15, 0.2) is 42.5 Å². The summed E-state index contributed by atoms with van der Waals surface area (Å²) in [6, 6.07) is 12.3. The van der Waals surface area contributed by atoms with Crippen molar-refractivity contribution in [2.75, 3.05) is 5.32 Å². The maximum atomic E-state index is 13.9. The van der Waals surface area contributed by atoms with Crippen LogP contribution in [0, 0.1) is 5.82 Å². The lowest BCUT2D eigenvalue weighted by Crippen LogP contribution is -2.47. The molecule has 2 aromatic carbocycles. The first kappa shape index (κ1) is 19.4. The van der Waals surface area contributed by atoms with Gasteiger partial charge in [-0.25, -0.2) is 4.39 Å². The molecule has 4 nitrogen and oxygen atoms in total. The van der Waals surface area contributed by atoms with Gasteiger partial charge in [0.1, 0.15) is 22.9 Å². The van der Waals surface area contributed by atoms with E-state index in [9.17, 15) is 9.18 Å². The lowest BCUT2D eigenvalue weighted by molar-refractivity contribution is -0.117. The first-order valence-corrected chi connectivity index (χ1v) is 11.1. The second kappa shape index (κ2) is 7.93. The minimum absolute atomic E-state index is 0.0485. The van der Waals surface area contributed by atoms with Crippen LogP contribution in [0.5, 0.6) is 11.5 Å². The van der Waals surface area contributed by atoms with Gasteiger partial charge in [0.15, 0.2) is 0 Å². The molecule has 1 amide bonds. The molecule has 30 heavy (non-hydrogen) atoms. The van der Waals surface area contributed by atoms with Gasteiger partial charge in [0.05, 0.1) is 11.8 Å². The van der Waals surface area contributed by atoms with Crippen molar-refractivity contribution in [3.8, 4) is 11.5 Å². The van der Waals surface area contributed by atoms with E-state index < -0.39 is 0 Å². The SMILES string of the molecule is O=C(CC1CC2(CCC2)Oc2ccc(F)cc21)Nc1ccccc1OC1CCCC1. The van der Waals surface area contributed by atoms with E-state index in [-0.39, 0.29) is 29.3 Å². The summed E-state index contributed by atoms with van der Waals surface area (Å²) in [5.41, 5.74) is 1.33. The van der Waals surface area contributed by atoms with E-state index >= 15 is 0 Å². The van der Waals surface area contributed by atoms with Gasteiger partial charge in [-0.2, -0.15) is 0 Å². The van der Waals surface area contributed by atoms with Gasteiger partial charge < -0.3 is 14.8 Å². The third kappa shape index (κ3) is 3.90. The number of anilines is 1. The molecule has 5 rings (SSSR count). The van der Waals surface area contributed by atoms with Crippen LogP contribution in [0.25, 0.3) is 0 Å². The number of amides is 1. The molecule has 0 saturated heterocycles. The number of rotatable bonds is 5. The smallest absolute Gasteiger partial charge is 0.225 e. The Labute approximate surface area is 176 Å². The first-order chi connectivity index (χ1) is 14.6. The molecule has 1 spiro atoms. The molecule has 1 N–H and O–H groups in total. The van der Waals surface area contributed by atoms with Crippen molar-refractivity contribution < 1.29 is 18.7 Å². The molecule has 2 aromatic rings. The number of para-hydroxylation sites is 2. The van der Waals surface area contributed by atoms with Crippen LogP contribution >= 0.6 is 0 Å². The van der Waals surface area contributed by atoms with Gasteiger partial charge in [-0.05, 0) is 81.7 Å². The number of benzene rings is 2. The van der Waals surface area contributed by atoms with Gasteiger partial charge in [-0.15, -0.1) is 0 Å². The fourth-order valence-electron chi connectivity index (χ4n) is 5.11. The van der Waals surface area contributed by atoms with Crippen molar-refractivity contribution in [3.63, 3.8) is 0 Å². The van der Waals surface area contributed by atoms with Crippen LogP contribution in [-0.4, -0.2) is 17.6 Å². The monoisotopic (exact) mass is 409 g/mol. The Morgan fingerprint density at radius 3 is 2.70 bits per heavy atom. The summed E-state index contributed by atoms with van der Waals surface area (Å²) in [5.74, 6) is 1.04. The van der Waals surface area contributed by atoms with Crippen LogP contribution in [0.1, 0.15) is 69.3 Å². The van der Waals surface area contributed by atoms with Gasteiger partial charge in [0.2, 0.25) is 5.91 Å². The second-order valence-corrected chi connectivity index (χ2v) is 8.99. The summed E-state index contributed by atoms with van der Waals surface area (Å²) in [7, 11) is 0. The summed E-state index contributed by atoms with van der Waals surface area (Å²) < 4.78 is 26.3. The van der Waals surface area contributed by atoms with Crippen molar-refractivity contribution in [1.29, 1.82) is 0 Å². The number of hydrogen-bond acceptors (Lipinski definition) is 3. The molecule has 3 aliphatic rings.